The standard InChI is InChI=1S/C19H44Ge2O2/c1-9-20(10-2,11-3)22-17-15-19(7,8)16-18-23-21(12-4,13-5)14-6/h9-18H2,1-8H3. The third kappa shape index (κ3) is 8.28. The van der Waals surface area contributed by atoms with E-state index in [4.69, 9.17) is 7.53 Å². The summed E-state index contributed by atoms with van der Waals surface area (Å²) in [5, 5.41) is 7.81. The Morgan fingerprint density at radius 3 is 1.04 bits per heavy atom. The number of hydrogen-bond donors (Lipinski definition) is 0. The molecule has 0 unspecified atom stereocenters. The molecule has 0 spiro atoms. The van der Waals surface area contributed by atoms with Crippen LogP contribution in [0.2, 0.25) is 31.5 Å². The predicted octanol–water partition coefficient (Wildman–Crippen LogP) is 6.84. The SMILES string of the molecule is C[CH2][Ge]([CH2]C)([CH2]C)[O]CCC(C)(C)CC[O][Ge]([CH2]C)([CH2]C)[CH2]C. The molecule has 0 aromatic rings. The third-order valence-corrected chi connectivity index (χ3v) is 25.9. The molecule has 0 N–H and O–H groups in total. The van der Waals surface area contributed by atoms with Gasteiger partial charge in [-0.1, -0.05) is 0 Å². The fourth-order valence-electron chi connectivity index (χ4n) is 3.33. The van der Waals surface area contributed by atoms with E-state index in [0.29, 0.717) is 5.41 Å². The molecular weight excluding hydrogens is 405 g/mol. The van der Waals surface area contributed by atoms with Gasteiger partial charge in [0, 0.05) is 0 Å². The summed E-state index contributed by atoms with van der Waals surface area (Å²) in [5.74, 6) is 0. The first-order valence-corrected chi connectivity index (χ1v) is 20.7. The molecular formula is C19H44Ge2O2. The molecule has 0 aliphatic carbocycles. The molecule has 0 amide bonds. The van der Waals surface area contributed by atoms with Gasteiger partial charge >= 0.3 is 153 Å². The van der Waals surface area contributed by atoms with Crippen molar-refractivity contribution in [1.29, 1.82) is 0 Å². The average molecular weight is 450 g/mol. The van der Waals surface area contributed by atoms with Gasteiger partial charge in [-0.05, 0) is 0 Å². The first-order chi connectivity index (χ1) is 10.8. The van der Waals surface area contributed by atoms with Crippen LogP contribution in [0.15, 0.2) is 0 Å². The van der Waals surface area contributed by atoms with Crippen molar-refractivity contribution in [1.82, 2.24) is 0 Å². The summed E-state index contributed by atoms with van der Waals surface area (Å²) in [6.07, 6.45) is 2.35. The van der Waals surface area contributed by atoms with Crippen LogP contribution in [0.5, 0.6) is 0 Å². The van der Waals surface area contributed by atoms with Crippen molar-refractivity contribution in [2.24, 2.45) is 5.41 Å². The van der Waals surface area contributed by atoms with Gasteiger partial charge in [0.05, 0.1) is 0 Å². The summed E-state index contributed by atoms with van der Waals surface area (Å²) < 4.78 is 13.0. The number of hydrogen-bond acceptors (Lipinski definition) is 2. The molecule has 140 valence electrons. The minimum atomic E-state index is -1.95. The Balaban J connectivity index is 4.29. The van der Waals surface area contributed by atoms with E-state index >= 15 is 0 Å². The van der Waals surface area contributed by atoms with E-state index in [0.717, 1.165) is 13.2 Å². The average Bonchev–Trinajstić information content (AvgIpc) is 2.56. The van der Waals surface area contributed by atoms with Gasteiger partial charge in [-0.15, -0.1) is 0 Å². The molecule has 0 rings (SSSR count). The first kappa shape index (κ1) is 24.0. The summed E-state index contributed by atoms with van der Waals surface area (Å²) in [4.78, 5) is 0. The maximum atomic E-state index is 6.48. The normalized spacial score (nSPS) is 13.6. The fraction of sp³-hybridized carbons (Fsp3) is 1.00. The Labute approximate surface area is 152 Å². The van der Waals surface area contributed by atoms with Gasteiger partial charge in [-0.3, -0.25) is 0 Å². The Hall–Kier alpha value is 1.01. The van der Waals surface area contributed by atoms with E-state index in [-0.39, 0.29) is 0 Å². The van der Waals surface area contributed by atoms with Gasteiger partial charge < -0.3 is 0 Å². The zero-order valence-electron chi connectivity index (χ0n) is 17.4. The molecule has 0 aromatic heterocycles. The molecule has 2 nitrogen and oxygen atoms in total. The van der Waals surface area contributed by atoms with Crippen LogP contribution in [-0.2, 0) is 7.53 Å². The Bertz CT molecular complexity index is 253. The summed E-state index contributed by atoms with van der Waals surface area (Å²) in [6, 6.07) is 0. The second-order valence-electron chi connectivity index (χ2n) is 7.85. The van der Waals surface area contributed by atoms with Gasteiger partial charge in [-0.25, -0.2) is 0 Å². The van der Waals surface area contributed by atoms with E-state index in [2.05, 4.69) is 55.4 Å². The van der Waals surface area contributed by atoms with Crippen LogP contribution < -0.4 is 0 Å². The second-order valence-corrected chi connectivity index (χ2v) is 27.9. The van der Waals surface area contributed by atoms with Crippen molar-refractivity contribution in [3.05, 3.63) is 0 Å². The molecule has 0 aromatic carbocycles. The molecule has 0 heterocycles. The Kier molecular flexibility index (Phi) is 12.1. The van der Waals surface area contributed by atoms with Crippen LogP contribution >= 0.6 is 0 Å². The maximum absolute atomic E-state index is 6.48. The monoisotopic (exact) mass is 452 g/mol. The van der Waals surface area contributed by atoms with Gasteiger partial charge in [0.15, 0.2) is 0 Å². The molecule has 0 atom stereocenters. The van der Waals surface area contributed by atoms with Gasteiger partial charge in [0.25, 0.3) is 0 Å². The van der Waals surface area contributed by atoms with Crippen molar-refractivity contribution < 1.29 is 7.53 Å². The summed E-state index contributed by atoms with van der Waals surface area (Å²) in [7, 11) is 0. The summed E-state index contributed by atoms with van der Waals surface area (Å²) >= 11 is -3.90. The van der Waals surface area contributed by atoms with Crippen LogP contribution in [0.4, 0.5) is 0 Å². The molecule has 23 heavy (non-hydrogen) atoms. The molecule has 0 radical (unpaired) electrons. The summed E-state index contributed by atoms with van der Waals surface area (Å²) in [6.45, 7) is 20.7. The number of rotatable bonds is 14. The van der Waals surface area contributed by atoms with Crippen molar-refractivity contribution in [3.63, 3.8) is 0 Å². The molecule has 0 saturated carbocycles. The van der Waals surface area contributed by atoms with Crippen molar-refractivity contribution >= 4 is 27.2 Å². The van der Waals surface area contributed by atoms with Crippen LogP contribution in [0.1, 0.15) is 68.2 Å². The first-order valence-electron chi connectivity index (χ1n) is 10.1. The molecule has 0 aliphatic heterocycles. The Morgan fingerprint density at radius 2 is 0.826 bits per heavy atom. The van der Waals surface area contributed by atoms with Crippen molar-refractivity contribution in [2.75, 3.05) is 13.2 Å². The second kappa shape index (κ2) is 11.6. The van der Waals surface area contributed by atoms with E-state index in [1.807, 2.05) is 0 Å². The molecule has 0 bridgehead atoms. The molecule has 0 fully saturated rings. The van der Waals surface area contributed by atoms with Gasteiger partial charge in [0.2, 0.25) is 0 Å². The molecule has 0 aliphatic rings. The minimum absolute atomic E-state index is 0.340. The quantitative estimate of drug-likeness (QED) is 0.270. The van der Waals surface area contributed by atoms with Crippen molar-refractivity contribution in [2.45, 2.75) is 99.8 Å². The topological polar surface area (TPSA) is 18.5 Å². The van der Waals surface area contributed by atoms with Crippen LogP contribution in [-0.4, -0.2) is 40.4 Å². The fourth-order valence-corrected chi connectivity index (χ4v) is 14.4. The van der Waals surface area contributed by atoms with Crippen molar-refractivity contribution in [3.8, 4) is 0 Å². The molecule has 4 heteroatoms. The van der Waals surface area contributed by atoms with E-state index in [9.17, 15) is 0 Å². The van der Waals surface area contributed by atoms with E-state index in [1.165, 1.54) is 44.4 Å². The third-order valence-electron chi connectivity index (χ3n) is 6.24. The zero-order valence-corrected chi connectivity index (χ0v) is 21.6. The van der Waals surface area contributed by atoms with E-state index in [1.54, 1.807) is 0 Å². The predicted molar refractivity (Wildman–Crippen MR) is 109 cm³/mol. The molecule has 0 saturated heterocycles. The van der Waals surface area contributed by atoms with E-state index < -0.39 is 27.2 Å². The Morgan fingerprint density at radius 1 is 0.565 bits per heavy atom. The van der Waals surface area contributed by atoms with Crippen LogP contribution in [0, 0.1) is 5.41 Å². The van der Waals surface area contributed by atoms with Gasteiger partial charge in [-0.2, -0.15) is 0 Å². The van der Waals surface area contributed by atoms with Crippen LogP contribution in [0.3, 0.4) is 0 Å². The van der Waals surface area contributed by atoms with Crippen LogP contribution in [0.25, 0.3) is 0 Å². The zero-order chi connectivity index (χ0) is 18.0. The van der Waals surface area contributed by atoms with Gasteiger partial charge in [0.1, 0.15) is 0 Å². The summed E-state index contributed by atoms with van der Waals surface area (Å²) in [5.41, 5.74) is 0.340.